The summed E-state index contributed by atoms with van der Waals surface area (Å²) in [6.07, 6.45) is 0. The van der Waals surface area contributed by atoms with Gasteiger partial charge in [0.15, 0.2) is 0 Å². The number of hydrogen-bond donors (Lipinski definition) is 1. The molecule has 0 saturated carbocycles. The Morgan fingerprint density at radius 1 is 1.33 bits per heavy atom. The second-order valence-corrected chi connectivity index (χ2v) is 6.33. The maximum absolute atomic E-state index is 11.9. The lowest BCUT2D eigenvalue weighted by atomic mass is 10.1. The van der Waals surface area contributed by atoms with Crippen LogP contribution >= 0.6 is 0 Å². The monoisotopic (exact) mass is 269 g/mol. The van der Waals surface area contributed by atoms with E-state index in [1.54, 1.807) is 14.2 Å². The van der Waals surface area contributed by atoms with Gasteiger partial charge in [0.05, 0.1) is 14.2 Å². The summed E-state index contributed by atoms with van der Waals surface area (Å²) < 4.78 is 22.5. The van der Waals surface area contributed by atoms with Gasteiger partial charge in [-0.1, -0.05) is 6.07 Å². The summed E-state index contributed by atoms with van der Waals surface area (Å²) in [4.78, 5) is 0. The molecule has 1 saturated heterocycles. The molecule has 4 nitrogen and oxygen atoms in total. The third-order valence-corrected chi connectivity index (χ3v) is 4.97. The van der Waals surface area contributed by atoms with Crippen LogP contribution in [0.3, 0.4) is 0 Å². The Morgan fingerprint density at radius 2 is 2.11 bits per heavy atom. The predicted octanol–water partition coefficient (Wildman–Crippen LogP) is 1.49. The van der Waals surface area contributed by atoms with E-state index in [2.05, 4.69) is 5.32 Å². The van der Waals surface area contributed by atoms with Gasteiger partial charge in [0.25, 0.3) is 0 Å². The molecule has 3 unspecified atom stereocenters. The largest absolute Gasteiger partial charge is 0.497 e. The molecule has 1 aromatic carbocycles. The van der Waals surface area contributed by atoms with Crippen LogP contribution in [0.1, 0.15) is 18.5 Å². The number of benzene rings is 1. The Bertz CT molecular complexity index is 450. The highest BCUT2D eigenvalue weighted by Gasteiger charge is 2.26. The van der Waals surface area contributed by atoms with Crippen molar-refractivity contribution in [1.82, 2.24) is 5.32 Å². The van der Waals surface area contributed by atoms with Crippen LogP contribution in [0.5, 0.6) is 11.5 Å². The summed E-state index contributed by atoms with van der Waals surface area (Å²) in [6, 6.07) is 5.82. The average molecular weight is 269 g/mol. The van der Waals surface area contributed by atoms with Crippen molar-refractivity contribution in [2.24, 2.45) is 0 Å². The van der Waals surface area contributed by atoms with Crippen LogP contribution in [0, 0.1) is 0 Å². The van der Waals surface area contributed by atoms with E-state index < -0.39 is 10.8 Å². The molecule has 1 heterocycles. The minimum absolute atomic E-state index is 0.0860. The van der Waals surface area contributed by atoms with Crippen LogP contribution in [-0.4, -0.2) is 36.0 Å². The Morgan fingerprint density at radius 3 is 2.72 bits per heavy atom. The van der Waals surface area contributed by atoms with Gasteiger partial charge in [0, 0.05) is 46.0 Å². The highest BCUT2D eigenvalue weighted by Crippen LogP contribution is 2.31. The van der Waals surface area contributed by atoms with Crippen molar-refractivity contribution in [3.05, 3.63) is 23.8 Å². The fourth-order valence-corrected chi connectivity index (χ4v) is 3.33. The molecule has 1 aliphatic rings. The second-order valence-electron chi connectivity index (χ2n) is 4.43. The molecule has 0 spiro atoms. The molecule has 3 atom stereocenters. The van der Waals surface area contributed by atoms with E-state index in [0.29, 0.717) is 5.75 Å². The zero-order valence-corrected chi connectivity index (χ0v) is 11.8. The predicted molar refractivity (Wildman–Crippen MR) is 72.8 cm³/mol. The summed E-state index contributed by atoms with van der Waals surface area (Å²) in [6.45, 7) is 2.77. The Labute approximate surface area is 110 Å². The molecule has 0 amide bonds. The smallest absolute Gasteiger partial charge is 0.127 e. The van der Waals surface area contributed by atoms with Crippen LogP contribution in [0.2, 0.25) is 0 Å². The van der Waals surface area contributed by atoms with Gasteiger partial charge in [-0.05, 0) is 13.0 Å². The highest BCUT2D eigenvalue weighted by atomic mass is 32.2. The molecule has 0 aromatic heterocycles. The van der Waals surface area contributed by atoms with E-state index >= 15 is 0 Å². The van der Waals surface area contributed by atoms with Crippen LogP contribution in [0.4, 0.5) is 0 Å². The Hall–Kier alpha value is -1.07. The lowest BCUT2D eigenvalue weighted by Gasteiger charge is -2.28. The van der Waals surface area contributed by atoms with Crippen molar-refractivity contribution in [2.45, 2.75) is 18.2 Å². The molecule has 0 aliphatic carbocycles. The van der Waals surface area contributed by atoms with Gasteiger partial charge >= 0.3 is 0 Å². The lowest BCUT2D eigenvalue weighted by Crippen LogP contribution is -2.41. The number of ether oxygens (including phenoxy) is 2. The molecule has 18 heavy (non-hydrogen) atoms. The van der Waals surface area contributed by atoms with Gasteiger partial charge in [-0.3, -0.25) is 4.21 Å². The van der Waals surface area contributed by atoms with Crippen molar-refractivity contribution >= 4 is 10.8 Å². The normalized spacial score (nSPS) is 27.8. The van der Waals surface area contributed by atoms with E-state index in [9.17, 15) is 4.21 Å². The van der Waals surface area contributed by atoms with Gasteiger partial charge in [-0.2, -0.15) is 0 Å². The van der Waals surface area contributed by atoms with E-state index in [0.717, 1.165) is 23.6 Å². The first-order valence-corrected chi connectivity index (χ1v) is 7.36. The van der Waals surface area contributed by atoms with Crippen molar-refractivity contribution < 1.29 is 13.7 Å². The summed E-state index contributed by atoms with van der Waals surface area (Å²) in [5.41, 5.74) is 1.04. The number of rotatable bonds is 3. The molecule has 100 valence electrons. The molecule has 1 N–H and O–H groups in total. The van der Waals surface area contributed by atoms with Crippen LogP contribution in [-0.2, 0) is 10.8 Å². The fourth-order valence-electron chi connectivity index (χ4n) is 2.09. The molecule has 0 bridgehead atoms. The quantitative estimate of drug-likeness (QED) is 0.903. The first-order valence-electron chi connectivity index (χ1n) is 5.98. The topological polar surface area (TPSA) is 47.6 Å². The van der Waals surface area contributed by atoms with E-state index in [1.165, 1.54) is 0 Å². The van der Waals surface area contributed by atoms with Gasteiger partial charge in [-0.15, -0.1) is 0 Å². The third-order valence-electron chi connectivity index (χ3n) is 3.25. The first kappa shape index (κ1) is 13.4. The Kier molecular flexibility index (Phi) is 4.24. The Balaban J connectivity index is 2.25. The molecule has 1 aromatic rings. The second kappa shape index (κ2) is 5.71. The molecular formula is C13H19NO3S. The third kappa shape index (κ3) is 2.67. The standard InChI is InChI=1S/C13H19NO3S/c1-9-7-14-12(8-18(9)15)11-5-4-10(16-2)6-13(11)17-3/h4-6,9,12,14H,7-8H2,1-3H3. The number of methoxy groups -OCH3 is 2. The lowest BCUT2D eigenvalue weighted by molar-refractivity contribution is 0.385. The highest BCUT2D eigenvalue weighted by molar-refractivity contribution is 7.85. The zero-order chi connectivity index (χ0) is 13.1. The van der Waals surface area contributed by atoms with Gasteiger partial charge in [0.2, 0.25) is 0 Å². The van der Waals surface area contributed by atoms with Crippen molar-refractivity contribution in [3.63, 3.8) is 0 Å². The zero-order valence-electron chi connectivity index (χ0n) is 10.9. The van der Waals surface area contributed by atoms with E-state index in [4.69, 9.17) is 9.47 Å². The van der Waals surface area contributed by atoms with Crippen molar-refractivity contribution in [3.8, 4) is 11.5 Å². The summed E-state index contributed by atoms with van der Waals surface area (Å²) >= 11 is 0. The summed E-state index contributed by atoms with van der Waals surface area (Å²) in [5, 5.41) is 3.63. The average Bonchev–Trinajstić information content (AvgIpc) is 2.41. The van der Waals surface area contributed by atoms with Gasteiger partial charge in [0.1, 0.15) is 11.5 Å². The van der Waals surface area contributed by atoms with Crippen molar-refractivity contribution in [2.75, 3.05) is 26.5 Å². The molecule has 0 radical (unpaired) electrons. The molecule has 1 aliphatic heterocycles. The van der Waals surface area contributed by atoms with Crippen molar-refractivity contribution in [1.29, 1.82) is 0 Å². The van der Waals surface area contributed by atoms with E-state index in [-0.39, 0.29) is 11.3 Å². The van der Waals surface area contributed by atoms with E-state index in [1.807, 2.05) is 25.1 Å². The summed E-state index contributed by atoms with van der Waals surface area (Å²) in [5.74, 6) is 2.17. The van der Waals surface area contributed by atoms with Crippen LogP contribution in [0.15, 0.2) is 18.2 Å². The summed E-state index contributed by atoms with van der Waals surface area (Å²) in [7, 11) is 2.49. The van der Waals surface area contributed by atoms with Gasteiger partial charge < -0.3 is 14.8 Å². The molecule has 2 rings (SSSR count). The van der Waals surface area contributed by atoms with Crippen LogP contribution in [0.25, 0.3) is 0 Å². The maximum atomic E-state index is 11.9. The molecule has 1 fully saturated rings. The molecular weight excluding hydrogens is 250 g/mol. The minimum atomic E-state index is -0.782. The maximum Gasteiger partial charge on any atom is 0.127 e. The first-order chi connectivity index (χ1) is 8.65. The number of nitrogens with one attached hydrogen (secondary N) is 1. The molecule has 5 heteroatoms. The minimum Gasteiger partial charge on any atom is -0.497 e. The SMILES string of the molecule is COc1ccc(C2CS(=O)C(C)CN2)c(OC)c1. The van der Waals surface area contributed by atoms with Crippen LogP contribution < -0.4 is 14.8 Å². The van der Waals surface area contributed by atoms with Gasteiger partial charge in [-0.25, -0.2) is 0 Å². The number of hydrogen-bond acceptors (Lipinski definition) is 4. The fraction of sp³-hybridized carbons (Fsp3) is 0.538.